The molecule has 1 saturated carbocycles. The first-order valence-electron chi connectivity index (χ1n) is 7.29. The van der Waals surface area contributed by atoms with Gasteiger partial charge in [-0.3, -0.25) is 0 Å². The summed E-state index contributed by atoms with van der Waals surface area (Å²) < 4.78 is 0. The van der Waals surface area contributed by atoms with Crippen LogP contribution in [0, 0.1) is 0 Å². The first-order valence-corrected chi connectivity index (χ1v) is 8.17. The molecule has 1 aromatic heterocycles. The number of nitrogens with one attached hydrogen (secondary N) is 1. The van der Waals surface area contributed by atoms with Gasteiger partial charge in [-0.15, -0.1) is 11.3 Å². The second-order valence-corrected chi connectivity index (χ2v) is 6.49. The lowest BCUT2D eigenvalue weighted by atomic mass is 10.1. The highest BCUT2D eigenvalue weighted by Gasteiger charge is 2.11. The molecule has 0 unspecified atom stereocenters. The smallest absolute Gasteiger partial charge is 0.0325 e. The third kappa shape index (κ3) is 5.09. The van der Waals surface area contributed by atoms with Crippen LogP contribution < -0.4 is 5.32 Å². The summed E-state index contributed by atoms with van der Waals surface area (Å²) in [4.78, 5) is 3.88. The van der Waals surface area contributed by atoms with Gasteiger partial charge in [0, 0.05) is 30.6 Å². The minimum atomic E-state index is 0.780. The summed E-state index contributed by atoms with van der Waals surface area (Å²) in [6, 6.07) is 5.14. The van der Waals surface area contributed by atoms with Crippen LogP contribution in [0.2, 0.25) is 0 Å². The SMILES string of the molecule is CN(CCNC1CCCCCC1)Cc1cccs1. The van der Waals surface area contributed by atoms with Crippen molar-refractivity contribution in [3.05, 3.63) is 22.4 Å². The number of hydrogen-bond donors (Lipinski definition) is 1. The Balaban J connectivity index is 1.59. The van der Waals surface area contributed by atoms with Crippen molar-refractivity contribution in [1.82, 2.24) is 10.2 Å². The lowest BCUT2D eigenvalue weighted by Gasteiger charge is -2.20. The molecule has 1 heterocycles. The van der Waals surface area contributed by atoms with Crippen molar-refractivity contribution in [1.29, 1.82) is 0 Å². The summed E-state index contributed by atoms with van der Waals surface area (Å²) in [6.07, 6.45) is 8.49. The molecule has 0 saturated heterocycles. The lowest BCUT2D eigenvalue weighted by molar-refractivity contribution is 0.314. The summed E-state index contributed by atoms with van der Waals surface area (Å²) in [5, 5.41) is 5.89. The van der Waals surface area contributed by atoms with Gasteiger partial charge in [0.25, 0.3) is 0 Å². The zero-order valence-corrected chi connectivity index (χ0v) is 12.3. The van der Waals surface area contributed by atoms with Crippen LogP contribution >= 0.6 is 11.3 Å². The minimum absolute atomic E-state index is 0.780. The Kier molecular flexibility index (Phi) is 6.18. The fourth-order valence-electron chi connectivity index (χ4n) is 2.69. The molecular weight excluding hydrogens is 240 g/mol. The Hall–Kier alpha value is -0.380. The Bertz CT molecular complexity index is 302. The quantitative estimate of drug-likeness (QED) is 0.793. The molecule has 2 nitrogen and oxygen atoms in total. The van der Waals surface area contributed by atoms with E-state index in [1.54, 1.807) is 0 Å². The van der Waals surface area contributed by atoms with E-state index in [0.717, 1.165) is 25.7 Å². The van der Waals surface area contributed by atoms with Crippen molar-refractivity contribution >= 4 is 11.3 Å². The molecule has 0 aromatic carbocycles. The molecule has 0 radical (unpaired) electrons. The predicted octanol–water partition coefficient (Wildman–Crippen LogP) is 3.49. The topological polar surface area (TPSA) is 15.3 Å². The van der Waals surface area contributed by atoms with Crippen LogP contribution in [0.4, 0.5) is 0 Å². The van der Waals surface area contributed by atoms with E-state index in [2.05, 4.69) is 34.8 Å². The number of likely N-dealkylation sites (N-methyl/N-ethyl adjacent to an activating group) is 1. The first kappa shape index (κ1) is 14.0. The Morgan fingerprint density at radius 3 is 2.72 bits per heavy atom. The minimum Gasteiger partial charge on any atom is -0.313 e. The zero-order chi connectivity index (χ0) is 12.6. The van der Waals surface area contributed by atoms with Gasteiger partial charge in [0.15, 0.2) is 0 Å². The van der Waals surface area contributed by atoms with Crippen LogP contribution in [0.15, 0.2) is 17.5 Å². The second-order valence-electron chi connectivity index (χ2n) is 5.46. The maximum atomic E-state index is 3.73. The van der Waals surface area contributed by atoms with E-state index in [4.69, 9.17) is 0 Å². The molecule has 0 spiro atoms. The molecule has 1 aromatic rings. The van der Waals surface area contributed by atoms with E-state index in [1.165, 1.54) is 43.4 Å². The molecule has 1 aliphatic rings. The van der Waals surface area contributed by atoms with E-state index in [-0.39, 0.29) is 0 Å². The van der Waals surface area contributed by atoms with Gasteiger partial charge in [-0.1, -0.05) is 31.7 Å². The molecule has 18 heavy (non-hydrogen) atoms. The average molecular weight is 266 g/mol. The second kappa shape index (κ2) is 7.93. The van der Waals surface area contributed by atoms with Gasteiger partial charge >= 0.3 is 0 Å². The van der Waals surface area contributed by atoms with Crippen LogP contribution in [0.5, 0.6) is 0 Å². The van der Waals surface area contributed by atoms with E-state index in [1.807, 2.05) is 11.3 Å². The molecule has 1 fully saturated rings. The van der Waals surface area contributed by atoms with Crippen LogP contribution in [-0.2, 0) is 6.54 Å². The van der Waals surface area contributed by atoms with Crippen molar-refractivity contribution in [3.8, 4) is 0 Å². The van der Waals surface area contributed by atoms with Gasteiger partial charge in [0.05, 0.1) is 0 Å². The van der Waals surface area contributed by atoms with Crippen LogP contribution in [0.3, 0.4) is 0 Å². The van der Waals surface area contributed by atoms with Crippen LogP contribution in [0.1, 0.15) is 43.4 Å². The maximum Gasteiger partial charge on any atom is 0.0325 e. The molecule has 1 aliphatic carbocycles. The predicted molar refractivity (Wildman–Crippen MR) is 80.1 cm³/mol. The summed E-state index contributed by atoms with van der Waals surface area (Å²) in [5.74, 6) is 0. The fourth-order valence-corrected chi connectivity index (χ4v) is 3.47. The summed E-state index contributed by atoms with van der Waals surface area (Å²) in [6.45, 7) is 3.37. The summed E-state index contributed by atoms with van der Waals surface area (Å²) in [7, 11) is 2.22. The van der Waals surface area contributed by atoms with Gasteiger partial charge in [-0.2, -0.15) is 0 Å². The van der Waals surface area contributed by atoms with Crippen molar-refractivity contribution in [2.45, 2.75) is 51.1 Å². The standard InChI is InChI=1S/C15H26N2S/c1-17(13-15-9-6-12-18-15)11-10-16-14-7-4-2-3-5-8-14/h6,9,12,14,16H,2-5,7-8,10-11,13H2,1H3. The fraction of sp³-hybridized carbons (Fsp3) is 0.733. The molecule has 102 valence electrons. The summed E-state index contributed by atoms with van der Waals surface area (Å²) in [5.41, 5.74) is 0. The Morgan fingerprint density at radius 2 is 2.06 bits per heavy atom. The molecule has 0 bridgehead atoms. The molecule has 0 atom stereocenters. The highest BCUT2D eigenvalue weighted by Crippen LogP contribution is 2.17. The van der Waals surface area contributed by atoms with E-state index < -0.39 is 0 Å². The van der Waals surface area contributed by atoms with Gasteiger partial charge in [0.1, 0.15) is 0 Å². The number of thiophene rings is 1. The van der Waals surface area contributed by atoms with Crippen molar-refractivity contribution < 1.29 is 0 Å². The first-order chi connectivity index (χ1) is 8.84. The van der Waals surface area contributed by atoms with Gasteiger partial charge in [0.2, 0.25) is 0 Å². The van der Waals surface area contributed by atoms with Crippen molar-refractivity contribution in [2.75, 3.05) is 20.1 Å². The molecule has 3 heteroatoms. The van der Waals surface area contributed by atoms with Crippen LogP contribution in [0.25, 0.3) is 0 Å². The number of hydrogen-bond acceptors (Lipinski definition) is 3. The largest absolute Gasteiger partial charge is 0.313 e. The van der Waals surface area contributed by atoms with Crippen molar-refractivity contribution in [3.63, 3.8) is 0 Å². The molecule has 1 N–H and O–H groups in total. The van der Waals surface area contributed by atoms with Gasteiger partial charge < -0.3 is 10.2 Å². The Labute approximate surface area is 115 Å². The molecule has 0 aliphatic heterocycles. The van der Waals surface area contributed by atoms with E-state index in [0.29, 0.717) is 0 Å². The van der Waals surface area contributed by atoms with E-state index in [9.17, 15) is 0 Å². The number of nitrogens with zero attached hydrogens (tertiary/aromatic N) is 1. The summed E-state index contributed by atoms with van der Waals surface area (Å²) >= 11 is 1.85. The van der Waals surface area contributed by atoms with E-state index >= 15 is 0 Å². The van der Waals surface area contributed by atoms with Crippen LogP contribution in [-0.4, -0.2) is 31.1 Å². The third-order valence-electron chi connectivity index (χ3n) is 3.79. The Morgan fingerprint density at radius 1 is 1.28 bits per heavy atom. The highest BCUT2D eigenvalue weighted by molar-refractivity contribution is 7.09. The highest BCUT2D eigenvalue weighted by atomic mass is 32.1. The molecular formula is C15H26N2S. The normalized spacial score (nSPS) is 18.1. The van der Waals surface area contributed by atoms with Gasteiger partial charge in [-0.05, 0) is 31.3 Å². The molecule has 2 rings (SSSR count). The maximum absolute atomic E-state index is 3.73. The van der Waals surface area contributed by atoms with Gasteiger partial charge in [-0.25, -0.2) is 0 Å². The van der Waals surface area contributed by atoms with Crippen molar-refractivity contribution in [2.24, 2.45) is 0 Å². The number of rotatable bonds is 6. The monoisotopic (exact) mass is 266 g/mol. The average Bonchev–Trinajstić information content (AvgIpc) is 2.72. The molecule has 0 amide bonds. The lowest BCUT2D eigenvalue weighted by Crippen LogP contribution is -2.35. The zero-order valence-electron chi connectivity index (χ0n) is 11.5. The third-order valence-corrected chi connectivity index (χ3v) is 4.65.